The molecule has 30 heavy (non-hydrogen) atoms. The minimum absolute atomic E-state index is 0.160. The fraction of sp³-hybridized carbons (Fsp3) is 0.238. The molecule has 1 amide bonds. The van der Waals surface area contributed by atoms with E-state index in [-0.39, 0.29) is 18.0 Å². The Morgan fingerprint density at radius 2 is 1.80 bits per heavy atom. The van der Waals surface area contributed by atoms with E-state index < -0.39 is 16.3 Å². The third-order valence-electron chi connectivity index (χ3n) is 4.41. The van der Waals surface area contributed by atoms with Gasteiger partial charge in [-0.25, -0.2) is 4.98 Å². The molecule has 3 N–H and O–H groups in total. The molecule has 8 nitrogen and oxygen atoms in total. The van der Waals surface area contributed by atoms with Crippen molar-refractivity contribution in [3.63, 3.8) is 0 Å². The van der Waals surface area contributed by atoms with E-state index in [0.29, 0.717) is 18.7 Å². The summed E-state index contributed by atoms with van der Waals surface area (Å²) < 4.78 is 38.3. The first-order chi connectivity index (χ1) is 14.3. The first kappa shape index (κ1) is 21.5. The molecule has 0 aliphatic rings. The third-order valence-corrected chi connectivity index (χ3v) is 4.91. The third kappa shape index (κ3) is 6.43. The Kier molecular flexibility index (Phi) is 6.86. The molecule has 1 aromatic heterocycles. The van der Waals surface area contributed by atoms with Crippen LogP contribution >= 0.6 is 0 Å². The maximum atomic E-state index is 12.6. The van der Waals surface area contributed by atoms with E-state index in [1.54, 1.807) is 18.4 Å². The van der Waals surface area contributed by atoms with E-state index in [4.69, 9.17) is 8.97 Å². The van der Waals surface area contributed by atoms with Crippen molar-refractivity contribution in [2.24, 2.45) is 0 Å². The summed E-state index contributed by atoms with van der Waals surface area (Å²) in [6.07, 6.45) is 2.92. The molecular formula is C21H23N3O5S. The maximum Gasteiger partial charge on any atom is 0.357 e. The van der Waals surface area contributed by atoms with Gasteiger partial charge in [-0.15, -0.1) is 0 Å². The van der Waals surface area contributed by atoms with Crippen molar-refractivity contribution in [3.05, 3.63) is 83.6 Å². The molecule has 1 atom stereocenters. The van der Waals surface area contributed by atoms with Crippen molar-refractivity contribution < 1.29 is 22.2 Å². The summed E-state index contributed by atoms with van der Waals surface area (Å²) in [5, 5.41) is 2.97. The summed E-state index contributed by atoms with van der Waals surface area (Å²) in [6.45, 7) is 1.96. The fourth-order valence-electron chi connectivity index (χ4n) is 2.97. The quantitative estimate of drug-likeness (QED) is 0.450. The molecule has 0 saturated heterocycles. The number of carbonyl (C=O) groups is 1. The highest BCUT2D eigenvalue weighted by Crippen LogP contribution is 2.21. The number of rotatable bonds is 9. The summed E-state index contributed by atoms with van der Waals surface area (Å²) in [4.78, 5) is 17.0. The Morgan fingerprint density at radius 1 is 1.10 bits per heavy atom. The molecule has 3 rings (SSSR count). The lowest BCUT2D eigenvalue weighted by molar-refractivity contribution is -0.121. The van der Waals surface area contributed by atoms with Crippen LogP contribution in [-0.2, 0) is 34.4 Å². The van der Waals surface area contributed by atoms with Crippen LogP contribution in [-0.4, -0.2) is 23.9 Å². The van der Waals surface area contributed by atoms with E-state index in [2.05, 4.69) is 10.3 Å². The number of benzene rings is 2. The minimum atomic E-state index is -4.33. The van der Waals surface area contributed by atoms with Crippen molar-refractivity contribution in [1.82, 2.24) is 10.3 Å². The van der Waals surface area contributed by atoms with Crippen molar-refractivity contribution in [2.45, 2.75) is 32.2 Å². The number of amides is 1. The first-order valence-electron chi connectivity index (χ1n) is 9.44. The molecule has 0 saturated carbocycles. The number of carbonyl (C=O) groups excluding carboxylic acids is 1. The summed E-state index contributed by atoms with van der Waals surface area (Å²) in [6, 6.07) is 15.4. The average molecular weight is 429 g/mol. The largest absolute Gasteiger partial charge is 0.446 e. The van der Waals surface area contributed by atoms with Gasteiger partial charge in [0.1, 0.15) is 12.3 Å². The second-order valence-electron chi connectivity index (χ2n) is 6.79. The number of anilines is 1. The van der Waals surface area contributed by atoms with Gasteiger partial charge in [0.15, 0.2) is 0 Å². The Bertz CT molecular complexity index is 1080. The molecule has 9 heteroatoms. The van der Waals surface area contributed by atoms with Gasteiger partial charge < -0.3 is 9.73 Å². The van der Waals surface area contributed by atoms with E-state index in [0.717, 1.165) is 16.8 Å². The van der Waals surface area contributed by atoms with Gasteiger partial charge in [-0.05, 0) is 29.7 Å². The van der Waals surface area contributed by atoms with Crippen LogP contribution in [0, 0.1) is 0 Å². The monoisotopic (exact) mass is 429 g/mol. The predicted molar refractivity (Wildman–Crippen MR) is 112 cm³/mol. The van der Waals surface area contributed by atoms with Gasteiger partial charge in [0.2, 0.25) is 11.8 Å². The van der Waals surface area contributed by atoms with E-state index in [1.807, 2.05) is 42.0 Å². The first-order valence-corrected chi connectivity index (χ1v) is 10.9. The van der Waals surface area contributed by atoms with Gasteiger partial charge in [0, 0.05) is 6.42 Å². The average Bonchev–Trinajstić information content (AvgIpc) is 3.18. The molecule has 0 spiro atoms. The molecule has 158 valence electrons. The Hall–Kier alpha value is -3.17. The highest BCUT2D eigenvalue weighted by molar-refractivity contribution is 7.87. The zero-order valence-electron chi connectivity index (χ0n) is 16.4. The molecule has 2 aromatic carbocycles. The number of nitrogens with zero attached hydrogens (tertiary/aromatic N) is 1. The SMILES string of the molecule is CCc1coc([C@H](Cc2ccc(NS(=O)(=O)O)cc2)NC(=O)Cc2ccccc2)n1. The summed E-state index contributed by atoms with van der Waals surface area (Å²) in [7, 11) is -4.33. The molecule has 3 aromatic rings. The maximum absolute atomic E-state index is 12.6. The molecule has 0 aliphatic heterocycles. The smallest absolute Gasteiger partial charge is 0.357 e. The van der Waals surface area contributed by atoms with Crippen LogP contribution in [0.2, 0.25) is 0 Å². The van der Waals surface area contributed by atoms with Crippen LogP contribution in [0.5, 0.6) is 0 Å². The lowest BCUT2D eigenvalue weighted by atomic mass is 10.0. The number of aromatic nitrogens is 1. The second-order valence-corrected chi connectivity index (χ2v) is 7.95. The lowest BCUT2D eigenvalue weighted by Gasteiger charge is -2.16. The van der Waals surface area contributed by atoms with E-state index in [9.17, 15) is 13.2 Å². The lowest BCUT2D eigenvalue weighted by Crippen LogP contribution is -2.31. The molecular weight excluding hydrogens is 406 g/mol. The molecule has 0 aliphatic carbocycles. The summed E-state index contributed by atoms with van der Waals surface area (Å²) in [5.74, 6) is 0.250. The van der Waals surface area contributed by atoms with Gasteiger partial charge in [-0.2, -0.15) is 8.42 Å². The molecule has 1 heterocycles. The van der Waals surface area contributed by atoms with Gasteiger partial charge in [0.05, 0.1) is 17.8 Å². The summed E-state index contributed by atoms with van der Waals surface area (Å²) >= 11 is 0. The fourth-order valence-corrected chi connectivity index (χ4v) is 3.40. The Balaban J connectivity index is 1.75. The van der Waals surface area contributed by atoms with Crippen LogP contribution in [0.25, 0.3) is 0 Å². The Labute approximate surface area is 175 Å². The van der Waals surface area contributed by atoms with Crippen molar-refractivity contribution in [3.8, 4) is 0 Å². The van der Waals surface area contributed by atoms with Crippen LogP contribution in [0.15, 0.2) is 65.3 Å². The molecule has 0 radical (unpaired) electrons. The number of nitrogens with one attached hydrogen (secondary N) is 2. The van der Waals surface area contributed by atoms with Gasteiger partial charge in [-0.1, -0.05) is 49.4 Å². The van der Waals surface area contributed by atoms with Gasteiger partial charge >= 0.3 is 10.3 Å². The van der Waals surface area contributed by atoms with Crippen LogP contribution in [0.3, 0.4) is 0 Å². The predicted octanol–water partition coefficient (Wildman–Crippen LogP) is 3.09. The Morgan fingerprint density at radius 3 is 2.40 bits per heavy atom. The van der Waals surface area contributed by atoms with Crippen LogP contribution < -0.4 is 10.0 Å². The minimum Gasteiger partial charge on any atom is -0.446 e. The van der Waals surface area contributed by atoms with E-state index >= 15 is 0 Å². The number of hydrogen-bond donors (Lipinski definition) is 3. The summed E-state index contributed by atoms with van der Waals surface area (Å²) in [5.41, 5.74) is 2.75. The number of aryl methyl sites for hydroxylation is 1. The van der Waals surface area contributed by atoms with E-state index in [1.165, 1.54) is 12.1 Å². The highest BCUT2D eigenvalue weighted by Gasteiger charge is 2.21. The molecule has 0 bridgehead atoms. The zero-order chi connectivity index (χ0) is 21.6. The standard InChI is InChI=1S/C21H23N3O5S/c1-2-17-14-29-21(22-17)19(23-20(25)13-15-6-4-3-5-7-15)12-16-8-10-18(11-9-16)24-30(26,27)28/h3-11,14,19,24H,2,12-13H2,1H3,(H,23,25)(H,26,27,28)/t19-/m0/s1. The number of oxazole rings is 1. The van der Waals surface area contributed by atoms with Crippen molar-refractivity contribution in [2.75, 3.05) is 4.72 Å². The number of hydrogen-bond acceptors (Lipinski definition) is 5. The molecule has 0 unspecified atom stereocenters. The normalized spacial score (nSPS) is 12.3. The zero-order valence-corrected chi connectivity index (χ0v) is 17.2. The topological polar surface area (TPSA) is 122 Å². The molecule has 0 fully saturated rings. The van der Waals surface area contributed by atoms with Crippen molar-refractivity contribution in [1.29, 1.82) is 0 Å². The van der Waals surface area contributed by atoms with Crippen LogP contribution in [0.1, 0.15) is 35.7 Å². The second kappa shape index (κ2) is 9.55. The van der Waals surface area contributed by atoms with Crippen molar-refractivity contribution >= 4 is 21.9 Å². The van der Waals surface area contributed by atoms with Crippen LogP contribution in [0.4, 0.5) is 5.69 Å². The highest BCUT2D eigenvalue weighted by atomic mass is 32.2. The van der Waals surface area contributed by atoms with Gasteiger partial charge in [-0.3, -0.25) is 14.1 Å². The van der Waals surface area contributed by atoms with Gasteiger partial charge in [0.25, 0.3) is 0 Å².